The van der Waals surface area contributed by atoms with Gasteiger partial charge in [0.1, 0.15) is 6.61 Å². The number of nitrogens with two attached hydrogens (primary N) is 1. The first-order chi connectivity index (χ1) is 10.1. The van der Waals surface area contributed by atoms with Crippen molar-refractivity contribution in [2.75, 3.05) is 12.3 Å². The highest BCUT2D eigenvalue weighted by Crippen LogP contribution is 2.35. The number of anilines is 1. The van der Waals surface area contributed by atoms with E-state index in [0.717, 1.165) is 5.56 Å². The average Bonchev–Trinajstić information content (AvgIpc) is 2.46. The van der Waals surface area contributed by atoms with Gasteiger partial charge in [-0.05, 0) is 25.5 Å². The van der Waals surface area contributed by atoms with E-state index in [2.05, 4.69) is 12.1 Å². The maximum Gasteiger partial charge on any atom is 0.184 e. The molecule has 0 aliphatic heterocycles. The fraction of sp³-hybridized carbons (Fsp3) is 0.235. The lowest BCUT2D eigenvalue weighted by atomic mass is 10.1. The highest BCUT2D eigenvalue weighted by molar-refractivity contribution is 5.64. The molecule has 0 fully saturated rings. The van der Waals surface area contributed by atoms with Gasteiger partial charge >= 0.3 is 0 Å². The lowest BCUT2D eigenvalue weighted by Gasteiger charge is -2.14. The van der Waals surface area contributed by atoms with Crippen LogP contribution < -0.4 is 15.2 Å². The van der Waals surface area contributed by atoms with E-state index in [9.17, 15) is 0 Å². The van der Waals surface area contributed by atoms with Gasteiger partial charge in [-0.1, -0.05) is 29.8 Å². The number of nitrogen functional groups attached to an aromatic ring is 1. The summed E-state index contributed by atoms with van der Waals surface area (Å²) in [4.78, 5) is 0. The van der Waals surface area contributed by atoms with Crippen LogP contribution in [0.1, 0.15) is 23.6 Å². The number of ether oxygens (including phenoxy) is 2. The molecular formula is C17H18N2O2. The molecule has 0 spiro atoms. The molecule has 0 amide bonds. The van der Waals surface area contributed by atoms with Crippen LogP contribution in [0.4, 0.5) is 5.69 Å². The summed E-state index contributed by atoms with van der Waals surface area (Å²) in [5, 5.41) is 8.98. The van der Waals surface area contributed by atoms with Gasteiger partial charge < -0.3 is 15.2 Å². The first kappa shape index (κ1) is 14.7. The Bertz CT molecular complexity index is 675. The fourth-order valence-electron chi connectivity index (χ4n) is 2.06. The highest BCUT2D eigenvalue weighted by atomic mass is 16.5. The first-order valence-corrected chi connectivity index (χ1v) is 6.78. The van der Waals surface area contributed by atoms with Gasteiger partial charge in [-0.3, -0.25) is 0 Å². The van der Waals surface area contributed by atoms with Crippen LogP contribution in [0.5, 0.6) is 11.5 Å². The van der Waals surface area contributed by atoms with Crippen molar-refractivity contribution < 1.29 is 9.47 Å². The van der Waals surface area contributed by atoms with Crippen LogP contribution >= 0.6 is 0 Å². The number of hydrogen-bond donors (Lipinski definition) is 1. The third kappa shape index (κ3) is 3.67. The second kappa shape index (κ2) is 6.67. The van der Waals surface area contributed by atoms with Crippen LogP contribution in [0.15, 0.2) is 36.4 Å². The molecule has 0 heterocycles. The quantitative estimate of drug-likeness (QED) is 0.853. The normalized spacial score (nSPS) is 9.95. The Labute approximate surface area is 124 Å². The number of nitrogens with zero attached hydrogens (tertiary/aromatic N) is 1. The Morgan fingerprint density at radius 2 is 2.00 bits per heavy atom. The summed E-state index contributed by atoms with van der Waals surface area (Å²) in [5.74, 6) is 0.985. The summed E-state index contributed by atoms with van der Waals surface area (Å²) in [7, 11) is 0. The summed E-state index contributed by atoms with van der Waals surface area (Å²) in [5.41, 5.74) is 9.06. The predicted octanol–water partition coefficient (Wildman–Crippen LogP) is 3.43. The van der Waals surface area contributed by atoms with Crippen molar-refractivity contribution in [2.45, 2.75) is 20.5 Å². The molecule has 0 saturated carbocycles. The van der Waals surface area contributed by atoms with Gasteiger partial charge in [0.15, 0.2) is 11.5 Å². The van der Waals surface area contributed by atoms with E-state index in [-0.39, 0.29) is 0 Å². The number of rotatable bonds is 5. The number of benzene rings is 2. The Hall–Kier alpha value is -2.67. The van der Waals surface area contributed by atoms with Crippen LogP contribution in [0.2, 0.25) is 0 Å². The second-order valence-electron chi connectivity index (χ2n) is 4.72. The molecule has 2 N–H and O–H groups in total. The maximum atomic E-state index is 8.98. The van der Waals surface area contributed by atoms with Gasteiger partial charge in [-0.25, -0.2) is 0 Å². The molecule has 2 aromatic carbocycles. The van der Waals surface area contributed by atoms with E-state index in [4.69, 9.17) is 20.5 Å². The molecule has 0 unspecified atom stereocenters. The van der Waals surface area contributed by atoms with E-state index in [1.165, 1.54) is 5.56 Å². The van der Waals surface area contributed by atoms with Gasteiger partial charge in [0.05, 0.1) is 23.9 Å². The lowest BCUT2D eigenvalue weighted by molar-refractivity contribution is 0.270. The van der Waals surface area contributed by atoms with Crippen molar-refractivity contribution in [3.05, 3.63) is 53.1 Å². The lowest BCUT2D eigenvalue weighted by Crippen LogP contribution is -2.03. The molecule has 2 aromatic rings. The minimum atomic E-state index is 0.401. The Kier molecular flexibility index (Phi) is 4.68. The van der Waals surface area contributed by atoms with Crippen LogP contribution in [0, 0.1) is 18.3 Å². The third-order valence-electron chi connectivity index (χ3n) is 2.98. The molecule has 21 heavy (non-hydrogen) atoms. The summed E-state index contributed by atoms with van der Waals surface area (Å²) in [6.45, 7) is 4.79. The van der Waals surface area contributed by atoms with Gasteiger partial charge in [0.25, 0.3) is 0 Å². The summed E-state index contributed by atoms with van der Waals surface area (Å²) in [6.07, 6.45) is 0. The van der Waals surface area contributed by atoms with Crippen molar-refractivity contribution in [3.63, 3.8) is 0 Å². The molecule has 0 radical (unpaired) electrons. The maximum absolute atomic E-state index is 8.98. The van der Waals surface area contributed by atoms with Crippen LogP contribution in [-0.2, 0) is 6.61 Å². The van der Waals surface area contributed by atoms with E-state index >= 15 is 0 Å². The van der Waals surface area contributed by atoms with Crippen molar-refractivity contribution in [1.82, 2.24) is 0 Å². The van der Waals surface area contributed by atoms with E-state index in [0.29, 0.717) is 36.0 Å². The average molecular weight is 282 g/mol. The zero-order valence-corrected chi connectivity index (χ0v) is 12.2. The fourth-order valence-corrected chi connectivity index (χ4v) is 2.06. The monoisotopic (exact) mass is 282 g/mol. The zero-order chi connectivity index (χ0) is 15.2. The predicted molar refractivity (Wildman–Crippen MR) is 82.2 cm³/mol. The van der Waals surface area contributed by atoms with Crippen molar-refractivity contribution >= 4 is 5.69 Å². The number of nitriles is 1. The van der Waals surface area contributed by atoms with E-state index in [1.807, 2.05) is 32.0 Å². The second-order valence-corrected chi connectivity index (χ2v) is 4.72. The topological polar surface area (TPSA) is 68.3 Å². The smallest absolute Gasteiger partial charge is 0.184 e. The molecule has 0 aliphatic rings. The molecule has 0 saturated heterocycles. The standard InChI is InChI=1S/C17H18N2O2/c1-3-20-16-9-14(10-18)8-15(19)17(16)21-11-13-6-4-5-12(2)7-13/h4-9H,3,11,19H2,1-2H3. The van der Waals surface area contributed by atoms with Crippen LogP contribution in [0.3, 0.4) is 0 Å². The molecule has 0 bridgehead atoms. The van der Waals surface area contributed by atoms with E-state index < -0.39 is 0 Å². The van der Waals surface area contributed by atoms with Gasteiger partial charge in [-0.15, -0.1) is 0 Å². The minimum absolute atomic E-state index is 0.401. The summed E-state index contributed by atoms with van der Waals surface area (Å²) < 4.78 is 11.3. The molecule has 0 aliphatic carbocycles. The molecule has 2 rings (SSSR count). The molecule has 4 heteroatoms. The first-order valence-electron chi connectivity index (χ1n) is 6.78. The minimum Gasteiger partial charge on any atom is -0.490 e. The van der Waals surface area contributed by atoms with Gasteiger partial charge in [0.2, 0.25) is 0 Å². The Morgan fingerprint density at radius 1 is 1.19 bits per heavy atom. The molecule has 0 atom stereocenters. The highest BCUT2D eigenvalue weighted by Gasteiger charge is 2.12. The Balaban J connectivity index is 2.24. The molecule has 0 aromatic heterocycles. The molecule has 4 nitrogen and oxygen atoms in total. The molecular weight excluding hydrogens is 264 g/mol. The zero-order valence-electron chi connectivity index (χ0n) is 12.2. The SMILES string of the molecule is CCOc1cc(C#N)cc(N)c1OCc1cccc(C)c1. The largest absolute Gasteiger partial charge is 0.490 e. The number of hydrogen-bond acceptors (Lipinski definition) is 4. The van der Waals surface area contributed by atoms with Gasteiger partial charge in [0, 0.05) is 6.07 Å². The molecule has 108 valence electrons. The summed E-state index contributed by atoms with van der Waals surface area (Å²) in [6, 6.07) is 13.4. The number of aryl methyl sites for hydroxylation is 1. The van der Waals surface area contributed by atoms with Crippen LogP contribution in [-0.4, -0.2) is 6.61 Å². The van der Waals surface area contributed by atoms with E-state index in [1.54, 1.807) is 12.1 Å². The van der Waals surface area contributed by atoms with Crippen molar-refractivity contribution in [3.8, 4) is 17.6 Å². The Morgan fingerprint density at radius 3 is 2.67 bits per heavy atom. The summed E-state index contributed by atoms with van der Waals surface area (Å²) >= 11 is 0. The third-order valence-corrected chi connectivity index (χ3v) is 2.98. The van der Waals surface area contributed by atoms with Crippen molar-refractivity contribution in [1.29, 1.82) is 5.26 Å². The van der Waals surface area contributed by atoms with Gasteiger partial charge in [-0.2, -0.15) is 5.26 Å². The van der Waals surface area contributed by atoms with Crippen molar-refractivity contribution in [2.24, 2.45) is 0 Å². The van der Waals surface area contributed by atoms with Crippen LogP contribution in [0.25, 0.3) is 0 Å².